The third-order valence-corrected chi connectivity index (χ3v) is 4.36. The summed E-state index contributed by atoms with van der Waals surface area (Å²) in [5.74, 6) is -0.0673. The fraction of sp³-hybridized carbons (Fsp3) is 0.286. The molecule has 2 aliphatic heterocycles. The standard InChI is InChI=1S/C21H23N3O2/c1-4-5-11-24-13-18(17-9-10-22-19(17)21(24)26)15-7-6-8-16(12-15)20(25)23-14(2)3/h4-10,12-14,19H,11H2,1-3H3,(H,23,25)/p+1. The van der Waals surface area contributed by atoms with Crippen LogP contribution in [0.3, 0.4) is 0 Å². The zero-order chi connectivity index (χ0) is 18.7. The Hall–Kier alpha value is -2.95. The number of rotatable bonds is 5. The normalized spacial score (nSPS) is 19.0. The molecule has 0 spiro atoms. The number of amides is 2. The lowest BCUT2D eigenvalue weighted by molar-refractivity contribution is -0.467. The van der Waals surface area contributed by atoms with Crippen molar-refractivity contribution in [2.45, 2.75) is 32.9 Å². The molecule has 5 heteroatoms. The van der Waals surface area contributed by atoms with Crippen LogP contribution < -0.4 is 10.3 Å². The van der Waals surface area contributed by atoms with Crippen LogP contribution in [0, 0.1) is 0 Å². The van der Waals surface area contributed by atoms with Gasteiger partial charge in [0.15, 0.2) is 6.21 Å². The Morgan fingerprint density at radius 3 is 2.92 bits per heavy atom. The second kappa shape index (κ2) is 7.52. The van der Waals surface area contributed by atoms with E-state index in [1.54, 1.807) is 17.2 Å². The van der Waals surface area contributed by atoms with Crippen molar-refractivity contribution in [3.63, 3.8) is 0 Å². The minimum Gasteiger partial charge on any atom is -0.350 e. The molecule has 1 aromatic carbocycles. The van der Waals surface area contributed by atoms with E-state index in [1.807, 2.05) is 63.4 Å². The Bertz CT molecular complexity index is 847. The van der Waals surface area contributed by atoms with E-state index in [-0.39, 0.29) is 23.9 Å². The number of carbonyl (C=O) groups is 2. The minimum absolute atomic E-state index is 0.0283. The summed E-state index contributed by atoms with van der Waals surface area (Å²) in [5.41, 5.74) is 3.43. The van der Waals surface area contributed by atoms with Gasteiger partial charge in [0.1, 0.15) is 0 Å². The molecule has 1 aromatic rings. The van der Waals surface area contributed by atoms with Crippen molar-refractivity contribution in [2.75, 3.05) is 6.54 Å². The van der Waals surface area contributed by atoms with Crippen LogP contribution in [-0.4, -0.2) is 41.6 Å². The predicted octanol–water partition coefficient (Wildman–Crippen LogP) is 1.04. The summed E-state index contributed by atoms with van der Waals surface area (Å²) in [4.78, 5) is 29.8. The fourth-order valence-corrected chi connectivity index (χ4v) is 3.11. The first kappa shape index (κ1) is 17.9. The van der Waals surface area contributed by atoms with Gasteiger partial charge in [-0.15, -0.1) is 0 Å². The molecule has 2 aliphatic rings. The van der Waals surface area contributed by atoms with Gasteiger partial charge >= 0.3 is 0 Å². The summed E-state index contributed by atoms with van der Waals surface area (Å²) < 4.78 is 0. The van der Waals surface area contributed by atoms with E-state index < -0.39 is 0 Å². The lowest BCUT2D eigenvalue weighted by atomic mass is 9.90. The summed E-state index contributed by atoms with van der Waals surface area (Å²) in [6.07, 6.45) is 9.50. The van der Waals surface area contributed by atoms with E-state index in [0.717, 1.165) is 16.7 Å². The van der Waals surface area contributed by atoms with E-state index in [4.69, 9.17) is 0 Å². The van der Waals surface area contributed by atoms with Crippen molar-refractivity contribution in [1.82, 2.24) is 10.2 Å². The van der Waals surface area contributed by atoms with Gasteiger partial charge in [0.05, 0.1) is 0 Å². The fourth-order valence-electron chi connectivity index (χ4n) is 3.11. The number of carbonyl (C=O) groups excluding carboxylic acids is 2. The van der Waals surface area contributed by atoms with Crippen LogP contribution >= 0.6 is 0 Å². The molecule has 0 saturated heterocycles. The summed E-state index contributed by atoms with van der Waals surface area (Å²) in [6, 6.07) is 7.24. The number of nitrogens with one attached hydrogen (secondary N) is 2. The van der Waals surface area contributed by atoms with E-state index in [9.17, 15) is 9.59 Å². The molecule has 0 aromatic heterocycles. The Morgan fingerprint density at radius 2 is 2.19 bits per heavy atom. The average Bonchev–Trinajstić information content (AvgIpc) is 3.11. The largest absolute Gasteiger partial charge is 0.350 e. The van der Waals surface area contributed by atoms with Crippen molar-refractivity contribution < 1.29 is 14.6 Å². The highest BCUT2D eigenvalue weighted by Crippen LogP contribution is 2.31. The molecule has 134 valence electrons. The van der Waals surface area contributed by atoms with Gasteiger partial charge in [-0.3, -0.25) is 9.59 Å². The van der Waals surface area contributed by atoms with Gasteiger partial charge in [-0.2, -0.15) is 0 Å². The molecule has 5 nitrogen and oxygen atoms in total. The molecule has 0 saturated carbocycles. The molecule has 2 N–H and O–H groups in total. The van der Waals surface area contributed by atoms with E-state index >= 15 is 0 Å². The molecule has 1 atom stereocenters. The maximum atomic E-state index is 12.6. The quantitative estimate of drug-likeness (QED) is 0.780. The second-order valence-electron chi connectivity index (χ2n) is 6.70. The van der Waals surface area contributed by atoms with Crippen LogP contribution in [0.2, 0.25) is 0 Å². The van der Waals surface area contributed by atoms with Crippen LogP contribution in [0.4, 0.5) is 0 Å². The van der Waals surface area contributed by atoms with Crippen molar-refractivity contribution in [2.24, 2.45) is 0 Å². The number of hydrogen-bond acceptors (Lipinski definition) is 2. The summed E-state index contributed by atoms with van der Waals surface area (Å²) in [5, 5.41) is 2.91. The number of nitrogens with zero attached hydrogens (tertiary/aromatic N) is 1. The SMILES string of the molecule is CC=CCN1C=C(c2cccc(C(=O)NC(C)C)c2)C2=CC=[NH+]C2C1=O. The molecular formula is C21H24N3O2+. The lowest BCUT2D eigenvalue weighted by Gasteiger charge is -2.26. The highest BCUT2D eigenvalue weighted by molar-refractivity contribution is 6.02. The average molecular weight is 350 g/mol. The smallest absolute Gasteiger partial charge is 0.300 e. The van der Waals surface area contributed by atoms with Crippen LogP contribution in [-0.2, 0) is 4.79 Å². The Morgan fingerprint density at radius 1 is 1.38 bits per heavy atom. The first-order valence-electron chi connectivity index (χ1n) is 8.86. The highest BCUT2D eigenvalue weighted by Gasteiger charge is 2.39. The third kappa shape index (κ3) is 3.52. The molecular weight excluding hydrogens is 326 g/mol. The first-order chi connectivity index (χ1) is 12.5. The van der Waals surface area contributed by atoms with Crippen molar-refractivity contribution in [1.29, 1.82) is 0 Å². The van der Waals surface area contributed by atoms with Crippen LogP contribution in [0.15, 0.2) is 54.3 Å². The van der Waals surface area contributed by atoms with Gasteiger partial charge in [-0.05, 0) is 38.5 Å². The molecule has 3 rings (SSSR count). The molecule has 1 unspecified atom stereocenters. The number of benzene rings is 1. The van der Waals surface area contributed by atoms with Gasteiger partial charge in [0, 0.05) is 41.6 Å². The molecule has 0 bridgehead atoms. The first-order valence-corrected chi connectivity index (χ1v) is 8.86. The highest BCUT2D eigenvalue weighted by atomic mass is 16.2. The van der Waals surface area contributed by atoms with E-state index in [2.05, 4.69) is 10.3 Å². The number of hydrogen-bond donors (Lipinski definition) is 2. The van der Waals surface area contributed by atoms with Gasteiger partial charge in [0.25, 0.3) is 17.9 Å². The monoisotopic (exact) mass is 350 g/mol. The number of allylic oxidation sites excluding steroid dienone is 2. The molecule has 26 heavy (non-hydrogen) atoms. The van der Waals surface area contributed by atoms with Gasteiger partial charge in [-0.1, -0.05) is 24.3 Å². The van der Waals surface area contributed by atoms with Gasteiger partial charge in [0.2, 0.25) is 0 Å². The zero-order valence-electron chi connectivity index (χ0n) is 15.3. The topological polar surface area (TPSA) is 63.4 Å². The van der Waals surface area contributed by atoms with Gasteiger partial charge < -0.3 is 10.2 Å². The summed E-state index contributed by atoms with van der Waals surface area (Å²) in [6.45, 7) is 6.33. The molecule has 2 heterocycles. The second-order valence-corrected chi connectivity index (χ2v) is 6.70. The molecule has 0 fully saturated rings. The van der Waals surface area contributed by atoms with Gasteiger partial charge in [-0.25, -0.2) is 4.99 Å². The summed E-state index contributed by atoms with van der Waals surface area (Å²) >= 11 is 0. The minimum atomic E-state index is -0.367. The van der Waals surface area contributed by atoms with E-state index in [0.29, 0.717) is 12.1 Å². The van der Waals surface area contributed by atoms with Crippen molar-refractivity contribution in [3.05, 3.63) is 65.4 Å². The van der Waals surface area contributed by atoms with E-state index in [1.165, 1.54) is 0 Å². The maximum absolute atomic E-state index is 12.6. The number of fused-ring (bicyclic) bond motifs is 1. The molecule has 0 radical (unpaired) electrons. The molecule has 0 aliphatic carbocycles. The zero-order valence-corrected chi connectivity index (χ0v) is 15.3. The summed E-state index contributed by atoms with van der Waals surface area (Å²) in [7, 11) is 0. The van der Waals surface area contributed by atoms with Crippen LogP contribution in [0.25, 0.3) is 5.57 Å². The maximum Gasteiger partial charge on any atom is 0.300 e. The van der Waals surface area contributed by atoms with Crippen molar-refractivity contribution in [3.8, 4) is 0 Å². The van der Waals surface area contributed by atoms with Crippen LogP contribution in [0.1, 0.15) is 36.7 Å². The third-order valence-electron chi connectivity index (χ3n) is 4.36. The van der Waals surface area contributed by atoms with Crippen LogP contribution in [0.5, 0.6) is 0 Å². The predicted molar refractivity (Wildman–Crippen MR) is 102 cm³/mol. The Kier molecular flexibility index (Phi) is 5.16. The van der Waals surface area contributed by atoms with Crippen molar-refractivity contribution >= 4 is 23.6 Å². The Balaban J connectivity index is 1.98. The molecule has 2 amide bonds. The lowest BCUT2D eigenvalue weighted by Crippen LogP contribution is -2.79. The Labute approximate surface area is 153 Å².